The number of fused-ring (bicyclic) bond motifs is 1. The van der Waals surface area contributed by atoms with Crippen LogP contribution in [0.2, 0.25) is 0 Å². The van der Waals surface area contributed by atoms with E-state index in [1.165, 1.54) is 48.1 Å². The summed E-state index contributed by atoms with van der Waals surface area (Å²) in [4.78, 5) is 0. The lowest BCUT2D eigenvalue weighted by Crippen LogP contribution is -2.17. The Bertz CT molecular complexity index is 542. The molecule has 19 heavy (non-hydrogen) atoms. The van der Waals surface area contributed by atoms with Crippen LogP contribution >= 0.6 is 0 Å². The molecule has 0 spiro atoms. The fourth-order valence-corrected chi connectivity index (χ4v) is 2.89. The molecular weight excluding hydrogens is 230 g/mol. The molecule has 3 rings (SSSR count). The molecule has 1 unspecified atom stereocenters. The molecule has 1 N–H and O–H groups in total. The van der Waals surface area contributed by atoms with E-state index >= 15 is 0 Å². The van der Waals surface area contributed by atoms with Gasteiger partial charge >= 0.3 is 0 Å². The first-order chi connectivity index (χ1) is 9.36. The first kappa shape index (κ1) is 12.3. The van der Waals surface area contributed by atoms with Crippen LogP contribution in [0.15, 0.2) is 48.5 Å². The lowest BCUT2D eigenvalue weighted by molar-refractivity contribution is 0.667. The van der Waals surface area contributed by atoms with Crippen molar-refractivity contribution in [1.82, 2.24) is 0 Å². The summed E-state index contributed by atoms with van der Waals surface area (Å²) in [7, 11) is 0. The van der Waals surface area contributed by atoms with E-state index in [2.05, 4.69) is 60.8 Å². The summed E-state index contributed by atoms with van der Waals surface area (Å²) >= 11 is 0. The maximum absolute atomic E-state index is 3.66. The standard InChI is InChI=1S/C18H21N/c1-2-5-14-8-10-16(11-9-14)18-13-12-15-6-3-4-7-17(15)19-18/h3-4,6-11,18-19H,2,5,12-13H2,1H3. The number of nitrogens with one attached hydrogen (secondary N) is 1. The SMILES string of the molecule is CCCc1ccc(C2CCc3ccccc3N2)cc1. The highest BCUT2D eigenvalue weighted by Gasteiger charge is 2.18. The van der Waals surface area contributed by atoms with E-state index in [0.717, 1.165) is 0 Å². The van der Waals surface area contributed by atoms with E-state index in [0.29, 0.717) is 6.04 Å². The first-order valence-electron chi connectivity index (χ1n) is 7.30. The van der Waals surface area contributed by atoms with Gasteiger partial charge in [0.05, 0.1) is 6.04 Å². The Morgan fingerprint density at radius 2 is 1.84 bits per heavy atom. The van der Waals surface area contributed by atoms with Gasteiger partial charge in [-0.1, -0.05) is 55.8 Å². The highest BCUT2D eigenvalue weighted by Crippen LogP contribution is 2.32. The van der Waals surface area contributed by atoms with Crippen molar-refractivity contribution in [2.45, 2.75) is 38.6 Å². The summed E-state index contributed by atoms with van der Waals surface area (Å²) in [5, 5.41) is 3.66. The molecule has 1 aliphatic heterocycles. The number of anilines is 1. The molecular formula is C18H21N. The number of hydrogen-bond donors (Lipinski definition) is 1. The Hall–Kier alpha value is -1.76. The summed E-state index contributed by atoms with van der Waals surface area (Å²) in [6.07, 6.45) is 4.75. The fraction of sp³-hybridized carbons (Fsp3) is 0.333. The van der Waals surface area contributed by atoms with Crippen LogP contribution < -0.4 is 5.32 Å². The maximum Gasteiger partial charge on any atom is 0.0517 e. The highest BCUT2D eigenvalue weighted by molar-refractivity contribution is 5.54. The second-order valence-electron chi connectivity index (χ2n) is 5.38. The summed E-state index contributed by atoms with van der Waals surface area (Å²) < 4.78 is 0. The van der Waals surface area contributed by atoms with Crippen molar-refractivity contribution in [1.29, 1.82) is 0 Å². The largest absolute Gasteiger partial charge is 0.378 e. The topological polar surface area (TPSA) is 12.0 Å². The van der Waals surface area contributed by atoms with Crippen molar-refractivity contribution >= 4 is 5.69 Å². The molecule has 2 aromatic carbocycles. The van der Waals surface area contributed by atoms with Crippen LogP contribution in [-0.4, -0.2) is 0 Å². The first-order valence-corrected chi connectivity index (χ1v) is 7.30. The van der Waals surface area contributed by atoms with E-state index in [-0.39, 0.29) is 0 Å². The van der Waals surface area contributed by atoms with E-state index in [1.807, 2.05) is 0 Å². The van der Waals surface area contributed by atoms with Gasteiger partial charge in [0.2, 0.25) is 0 Å². The average molecular weight is 251 g/mol. The number of para-hydroxylation sites is 1. The van der Waals surface area contributed by atoms with Crippen molar-refractivity contribution < 1.29 is 0 Å². The van der Waals surface area contributed by atoms with Crippen LogP contribution in [0.3, 0.4) is 0 Å². The molecule has 0 bridgehead atoms. The molecule has 0 aliphatic carbocycles. The van der Waals surface area contributed by atoms with Gasteiger partial charge < -0.3 is 5.32 Å². The molecule has 1 atom stereocenters. The lowest BCUT2D eigenvalue weighted by Gasteiger charge is -2.27. The maximum atomic E-state index is 3.66. The zero-order chi connectivity index (χ0) is 13.1. The quantitative estimate of drug-likeness (QED) is 0.831. The van der Waals surface area contributed by atoms with Crippen molar-refractivity contribution in [3.63, 3.8) is 0 Å². The van der Waals surface area contributed by atoms with E-state index in [1.54, 1.807) is 0 Å². The number of rotatable bonds is 3. The monoisotopic (exact) mass is 251 g/mol. The third-order valence-electron chi connectivity index (χ3n) is 3.97. The summed E-state index contributed by atoms with van der Waals surface area (Å²) in [5.74, 6) is 0. The van der Waals surface area contributed by atoms with Gasteiger partial charge in [-0.3, -0.25) is 0 Å². The van der Waals surface area contributed by atoms with Crippen molar-refractivity contribution in [2.75, 3.05) is 5.32 Å². The molecule has 0 amide bonds. The van der Waals surface area contributed by atoms with Crippen molar-refractivity contribution in [3.8, 4) is 0 Å². The van der Waals surface area contributed by atoms with Crippen molar-refractivity contribution in [2.24, 2.45) is 0 Å². The molecule has 0 radical (unpaired) electrons. The smallest absolute Gasteiger partial charge is 0.0517 e. The van der Waals surface area contributed by atoms with E-state index < -0.39 is 0 Å². The van der Waals surface area contributed by atoms with Gasteiger partial charge in [0.15, 0.2) is 0 Å². The molecule has 1 heteroatoms. The minimum absolute atomic E-state index is 0.463. The Labute approximate surface area is 115 Å². The minimum Gasteiger partial charge on any atom is -0.378 e. The van der Waals surface area contributed by atoms with Gasteiger partial charge in [-0.25, -0.2) is 0 Å². The molecule has 0 aromatic heterocycles. The molecule has 0 fully saturated rings. The lowest BCUT2D eigenvalue weighted by atomic mass is 9.93. The van der Waals surface area contributed by atoms with Gasteiger partial charge in [0.1, 0.15) is 0 Å². The van der Waals surface area contributed by atoms with Crippen LogP contribution in [0.1, 0.15) is 42.5 Å². The second-order valence-corrected chi connectivity index (χ2v) is 5.38. The third-order valence-corrected chi connectivity index (χ3v) is 3.97. The predicted octanol–water partition coefficient (Wildman–Crippen LogP) is 4.74. The summed E-state index contributed by atoms with van der Waals surface area (Å²) in [6.45, 7) is 2.23. The van der Waals surface area contributed by atoms with Gasteiger partial charge in [-0.15, -0.1) is 0 Å². The van der Waals surface area contributed by atoms with E-state index in [9.17, 15) is 0 Å². The Kier molecular flexibility index (Phi) is 3.54. The Balaban J connectivity index is 1.77. The van der Waals surface area contributed by atoms with Crippen molar-refractivity contribution in [3.05, 3.63) is 65.2 Å². The van der Waals surface area contributed by atoms with E-state index in [4.69, 9.17) is 0 Å². The molecule has 1 aliphatic rings. The number of benzene rings is 2. The fourth-order valence-electron chi connectivity index (χ4n) is 2.89. The molecule has 2 aromatic rings. The molecule has 98 valence electrons. The van der Waals surface area contributed by atoms with Crippen LogP contribution in [0, 0.1) is 0 Å². The van der Waals surface area contributed by atoms with Gasteiger partial charge in [-0.05, 0) is 42.0 Å². The van der Waals surface area contributed by atoms with Crippen LogP contribution in [0.4, 0.5) is 5.69 Å². The normalized spacial score (nSPS) is 17.6. The van der Waals surface area contributed by atoms with Crippen LogP contribution in [-0.2, 0) is 12.8 Å². The second kappa shape index (κ2) is 5.48. The zero-order valence-electron chi connectivity index (χ0n) is 11.5. The van der Waals surface area contributed by atoms with Crippen LogP contribution in [0.5, 0.6) is 0 Å². The Morgan fingerprint density at radius 3 is 2.63 bits per heavy atom. The third kappa shape index (κ3) is 2.65. The number of hydrogen-bond acceptors (Lipinski definition) is 1. The molecule has 1 heterocycles. The number of aryl methyl sites for hydroxylation is 2. The van der Waals surface area contributed by atoms with Gasteiger partial charge in [0.25, 0.3) is 0 Å². The molecule has 0 saturated heterocycles. The average Bonchev–Trinajstić information content (AvgIpc) is 2.48. The highest BCUT2D eigenvalue weighted by atomic mass is 14.9. The molecule has 1 nitrogen and oxygen atoms in total. The predicted molar refractivity (Wildman–Crippen MR) is 81.6 cm³/mol. The minimum atomic E-state index is 0.463. The van der Waals surface area contributed by atoms with Gasteiger partial charge in [-0.2, -0.15) is 0 Å². The molecule has 0 saturated carbocycles. The zero-order valence-corrected chi connectivity index (χ0v) is 11.5. The van der Waals surface area contributed by atoms with Crippen LogP contribution in [0.25, 0.3) is 0 Å². The van der Waals surface area contributed by atoms with Gasteiger partial charge in [0, 0.05) is 5.69 Å². The Morgan fingerprint density at radius 1 is 1.05 bits per heavy atom. The summed E-state index contributed by atoms with van der Waals surface area (Å²) in [5.41, 5.74) is 5.61. The summed E-state index contributed by atoms with van der Waals surface area (Å²) in [6, 6.07) is 18.2.